The molecule has 19 heavy (non-hydrogen) atoms. The molecule has 2 aromatic rings. The molecule has 0 aliphatic carbocycles. The average Bonchev–Trinajstić information content (AvgIpc) is 2.46. The van der Waals surface area contributed by atoms with Gasteiger partial charge in [-0.25, -0.2) is 0 Å². The molecule has 0 fully saturated rings. The zero-order valence-corrected chi connectivity index (χ0v) is 13.0. The second kappa shape index (κ2) is 6.56. The third-order valence-corrected chi connectivity index (χ3v) is 7.13. The summed E-state index contributed by atoms with van der Waals surface area (Å²) in [6, 6.07) is 17.6. The van der Waals surface area contributed by atoms with Crippen molar-refractivity contribution in [1.29, 1.82) is 0 Å². The van der Waals surface area contributed by atoms with Gasteiger partial charge in [-0.1, -0.05) is 0 Å². The van der Waals surface area contributed by atoms with Crippen LogP contribution in [-0.2, 0) is 7.86 Å². The van der Waals surface area contributed by atoms with Crippen LogP contribution >= 0.6 is 20.2 Å². The zero-order valence-electron chi connectivity index (χ0n) is 10.8. The van der Waals surface area contributed by atoms with Gasteiger partial charge in [-0.15, -0.1) is 0 Å². The van der Waals surface area contributed by atoms with Gasteiger partial charge in [-0.3, -0.25) is 0 Å². The number of methoxy groups -OCH3 is 1. The predicted octanol–water partition coefficient (Wildman–Crippen LogP) is 3.72. The van der Waals surface area contributed by atoms with E-state index >= 15 is 0 Å². The van der Waals surface area contributed by atoms with Crippen LogP contribution in [0.4, 0.5) is 0 Å². The molecule has 0 N–H and O–H groups in total. The fourth-order valence-electron chi connectivity index (χ4n) is 1.54. The van der Waals surface area contributed by atoms with Gasteiger partial charge in [0, 0.05) is 0 Å². The average molecular weight is 370 g/mol. The van der Waals surface area contributed by atoms with E-state index < -0.39 is 20.2 Å². The molecule has 4 heteroatoms. The standard InChI is InChI=1S/C15H15IO3/c1-12(17)19-16(13-6-4-3-5-7-13)14-8-10-15(18-2)11-9-14/h3-11H,1-2H3. The first-order valence-corrected chi connectivity index (χ1v) is 8.82. The first-order chi connectivity index (χ1) is 9.20. The topological polar surface area (TPSA) is 35.5 Å². The minimum atomic E-state index is -2.14. The third kappa shape index (κ3) is 3.70. The Balaban J connectivity index is 2.34. The molecule has 100 valence electrons. The number of carbonyl (C=O) groups excluding carboxylic acids is 1. The van der Waals surface area contributed by atoms with Crippen LogP contribution in [0.1, 0.15) is 6.92 Å². The van der Waals surface area contributed by atoms with Crippen molar-refractivity contribution >= 4 is 26.2 Å². The van der Waals surface area contributed by atoms with Crippen molar-refractivity contribution in [1.82, 2.24) is 0 Å². The van der Waals surface area contributed by atoms with Crippen LogP contribution in [0.25, 0.3) is 0 Å². The Morgan fingerprint density at radius 3 is 2.05 bits per heavy atom. The van der Waals surface area contributed by atoms with E-state index in [0.717, 1.165) is 12.9 Å². The molecule has 0 amide bonds. The van der Waals surface area contributed by atoms with Gasteiger partial charge in [-0.05, 0) is 0 Å². The summed E-state index contributed by atoms with van der Waals surface area (Å²) in [6.07, 6.45) is 0. The molecule has 0 bridgehead atoms. The summed E-state index contributed by atoms with van der Waals surface area (Å²) in [5.74, 6) is 0.570. The van der Waals surface area contributed by atoms with Crippen molar-refractivity contribution < 1.29 is 12.6 Å². The Hall–Kier alpha value is -1.56. The van der Waals surface area contributed by atoms with Gasteiger partial charge in [0.15, 0.2) is 0 Å². The van der Waals surface area contributed by atoms with Gasteiger partial charge in [0.25, 0.3) is 0 Å². The number of carbonyl (C=O) groups is 1. The van der Waals surface area contributed by atoms with Crippen molar-refractivity contribution in [3.8, 4) is 5.75 Å². The molecule has 0 aromatic heterocycles. The van der Waals surface area contributed by atoms with Crippen LogP contribution in [0, 0.1) is 7.14 Å². The molecular weight excluding hydrogens is 355 g/mol. The van der Waals surface area contributed by atoms with E-state index in [9.17, 15) is 4.79 Å². The summed E-state index contributed by atoms with van der Waals surface area (Å²) in [6.45, 7) is 1.46. The van der Waals surface area contributed by atoms with E-state index in [2.05, 4.69) is 0 Å². The number of benzene rings is 2. The molecule has 0 aliphatic rings. The monoisotopic (exact) mass is 370 g/mol. The summed E-state index contributed by atoms with van der Waals surface area (Å²) >= 11 is -2.14. The Bertz CT molecular complexity index is 537. The van der Waals surface area contributed by atoms with E-state index in [4.69, 9.17) is 7.80 Å². The second-order valence-electron chi connectivity index (χ2n) is 3.77. The molecule has 0 spiro atoms. The Morgan fingerprint density at radius 2 is 1.53 bits per heavy atom. The summed E-state index contributed by atoms with van der Waals surface area (Å²) in [7, 11) is 1.63. The quantitative estimate of drug-likeness (QED) is 0.770. The molecule has 0 atom stereocenters. The van der Waals surface area contributed by atoms with Crippen molar-refractivity contribution in [3.63, 3.8) is 0 Å². The summed E-state index contributed by atoms with van der Waals surface area (Å²) < 4.78 is 12.9. The molecule has 0 saturated carbocycles. The van der Waals surface area contributed by atoms with Crippen LogP contribution < -0.4 is 4.74 Å². The first-order valence-electron chi connectivity index (χ1n) is 5.78. The number of halogens is 1. The van der Waals surface area contributed by atoms with Gasteiger partial charge < -0.3 is 0 Å². The van der Waals surface area contributed by atoms with Crippen LogP contribution in [0.5, 0.6) is 5.75 Å². The van der Waals surface area contributed by atoms with Crippen LogP contribution in [-0.4, -0.2) is 13.1 Å². The maximum atomic E-state index is 11.3. The fraction of sp³-hybridized carbons (Fsp3) is 0.133. The Morgan fingerprint density at radius 1 is 0.947 bits per heavy atom. The third-order valence-electron chi connectivity index (χ3n) is 2.36. The minimum absolute atomic E-state index is 0.232. The van der Waals surface area contributed by atoms with Crippen molar-refractivity contribution in [2.45, 2.75) is 6.92 Å². The number of hydrogen-bond acceptors (Lipinski definition) is 3. The molecule has 0 radical (unpaired) electrons. The van der Waals surface area contributed by atoms with E-state index in [1.165, 1.54) is 6.92 Å². The van der Waals surface area contributed by atoms with Crippen molar-refractivity contribution in [2.75, 3.05) is 7.11 Å². The van der Waals surface area contributed by atoms with Gasteiger partial charge in [0.2, 0.25) is 0 Å². The molecular formula is C15H15IO3. The predicted molar refractivity (Wildman–Crippen MR) is 82.6 cm³/mol. The molecule has 0 unspecified atom stereocenters. The summed E-state index contributed by atoms with van der Waals surface area (Å²) in [4.78, 5) is 11.3. The normalized spacial score (nSPS) is 10.7. The number of rotatable bonds is 4. The Kier molecular flexibility index (Phi) is 4.79. The SMILES string of the molecule is COc1ccc(I(OC(C)=O)c2ccccc2)cc1. The van der Waals surface area contributed by atoms with Gasteiger partial charge >= 0.3 is 120 Å². The number of ether oxygens (including phenoxy) is 1. The fourth-order valence-corrected chi connectivity index (χ4v) is 5.47. The van der Waals surface area contributed by atoms with E-state index in [1.807, 2.05) is 54.6 Å². The molecule has 2 aromatic carbocycles. The van der Waals surface area contributed by atoms with Gasteiger partial charge in [0.1, 0.15) is 0 Å². The Labute approximate surface area is 120 Å². The maximum absolute atomic E-state index is 11.3. The van der Waals surface area contributed by atoms with Gasteiger partial charge in [-0.2, -0.15) is 0 Å². The number of hydrogen-bond donors (Lipinski definition) is 0. The molecule has 2 rings (SSSR count). The molecule has 0 heterocycles. The van der Waals surface area contributed by atoms with E-state index in [0.29, 0.717) is 0 Å². The van der Waals surface area contributed by atoms with E-state index in [1.54, 1.807) is 7.11 Å². The first kappa shape index (κ1) is 13.9. The van der Waals surface area contributed by atoms with Crippen molar-refractivity contribution in [2.24, 2.45) is 0 Å². The summed E-state index contributed by atoms with van der Waals surface area (Å²) in [5, 5.41) is 0. The van der Waals surface area contributed by atoms with Crippen LogP contribution in [0.2, 0.25) is 0 Å². The van der Waals surface area contributed by atoms with Crippen LogP contribution in [0.15, 0.2) is 54.6 Å². The van der Waals surface area contributed by atoms with E-state index in [-0.39, 0.29) is 5.97 Å². The zero-order chi connectivity index (χ0) is 13.7. The molecule has 3 nitrogen and oxygen atoms in total. The molecule has 0 aliphatic heterocycles. The van der Waals surface area contributed by atoms with Crippen molar-refractivity contribution in [3.05, 3.63) is 61.7 Å². The second-order valence-corrected chi connectivity index (χ2v) is 8.12. The van der Waals surface area contributed by atoms with Crippen LogP contribution in [0.3, 0.4) is 0 Å². The summed E-state index contributed by atoms with van der Waals surface area (Å²) in [5.41, 5.74) is 0. The van der Waals surface area contributed by atoms with Gasteiger partial charge in [0.05, 0.1) is 0 Å². The molecule has 0 saturated heterocycles.